The SMILES string of the molecule is Cn1cc(NC(=O)CCl)c(=O)n(C)c1=O. The fraction of sp³-hybridized carbons (Fsp3) is 0.375. The van der Waals surface area contributed by atoms with E-state index in [1.807, 2.05) is 0 Å². The van der Waals surface area contributed by atoms with Crippen LogP contribution in [0.2, 0.25) is 0 Å². The van der Waals surface area contributed by atoms with Crippen molar-refractivity contribution in [3.8, 4) is 0 Å². The highest BCUT2D eigenvalue weighted by atomic mass is 35.5. The van der Waals surface area contributed by atoms with E-state index in [4.69, 9.17) is 11.6 Å². The number of halogens is 1. The number of nitrogens with one attached hydrogen (secondary N) is 1. The Kier molecular flexibility index (Phi) is 3.31. The second kappa shape index (κ2) is 4.31. The van der Waals surface area contributed by atoms with Gasteiger partial charge in [0.2, 0.25) is 5.91 Å². The largest absolute Gasteiger partial charge is 0.330 e. The van der Waals surface area contributed by atoms with E-state index >= 15 is 0 Å². The van der Waals surface area contributed by atoms with E-state index in [0.717, 1.165) is 4.57 Å². The molecule has 1 N–H and O–H groups in total. The lowest BCUT2D eigenvalue weighted by Gasteiger charge is -2.06. The van der Waals surface area contributed by atoms with Crippen molar-refractivity contribution in [3.05, 3.63) is 27.0 Å². The van der Waals surface area contributed by atoms with Gasteiger partial charge in [0.15, 0.2) is 0 Å². The van der Waals surface area contributed by atoms with Gasteiger partial charge >= 0.3 is 5.69 Å². The third-order valence-electron chi connectivity index (χ3n) is 1.84. The molecule has 1 aromatic rings. The molecule has 82 valence electrons. The van der Waals surface area contributed by atoms with Crippen LogP contribution in [0.15, 0.2) is 15.8 Å². The second-order valence-corrected chi connectivity index (χ2v) is 3.25. The van der Waals surface area contributed by atoms with Crippen molar-refractivity contribution in [2.75, 3.05) is 11.2 Å². The minimum atomic E-state index is -0.559. The van der Waals surface area contributed by atoms with Crippen LogP contribution in [0.4, 0.5) is 5.69 Å². The minimum Gasteiger partial charge on any atom is -0.319 e. The number of hydrogen-bond donors (Lipinski definition) is 1. The van der Waals surface area contributed by atoms with Crippen LogP contribution in [-0.2, 0) is 18.9 Å². The van der Waals surface area contributed by atoms with Crippen LogP contribution in [0.1, 0.15) is 0 Å². The van der Waals surface area contributed by atoms with E-state index in [9.17, 15) is 14.4 Å². The Hall–Kier alpha value is -1.56. The average molecular weight is 232 g/mol. The highest BCUT2D eigenvalue weighted by Crippen LogP contribution is 1.95. The van der Waals surface area contributed by atoms with E-state index < -0.39 is 17.2 Å². The zero-order chi connectivity index (χ0) is 11.6. The third-order valence-corrected chi connectivity index (χ3v) is 2.08. The normalized spacial score (nSPS) is 10.1. The molecule has 1 aromatic heterocycles. The van der Waals surface area contributed by atoms with Crippen LogP contribution in [-0.4, -0.2) is 20.9 Å². The fourth-order valence-electron chi connectivity index (χ4n) is 1.08. The summed E-state index contributed by atoms with van der Waals surface area (Å²) in [5.74, 6) is -0.737. The molecule has 15 heavy (non-hydrogen) atoms. The lowest BCUT2D eigenvalue weighted by Crippen LogP contribution is -2.38. The predicted molar refractivity (Wildman–Crippen MR) is 56.3 cm³/mol. The smallest absolute Gasteiger partial charge is 0.319 e. The lowest BCUT2D eigenvalue weighted by molar-refractivity contribution is -0.113. The highest BCUT2D eigenvalue weighted by molar-refractivity contribution is 6.29. The lowest BCUT2D eigenvalue weighted by atomic mass is 10.5. The first-order valence-corrected chi connectivity index (χ1v) is 4.63. The van der Waals surface area contributed by atoms with Gasteiger partial charge in [-0.15, -0.1) is 11.6 Å². The Bertz CT molecular complexity index is 503. The summed E-state index contributed by atoms with van der Waals surface area (Å²) in [7, 11) is 2.82. The van der Waals surface area contributed by atoms with Crippen molar-refractivity contribution >= 4 is 23.2 Å². The van der Waals surface area contributed by atoms with Gasteiger partial charge in [-0.1, -0.05) is 0 Å². The number of rotatable bonds is 2. The Morgan fingerprint density at radius 2 is 2.07 bits per heavy atom. The maximum atomic E-state index is 11.5. The van der Waals surface area contributed by atoms with Gasteiger partial charge in [0.1, 0.15) is 11.6 Å². The van der Waals surface area contributed by atoms with Crippen molar-refractivity contribution in [2.45, 2.75) is 0 Å². The molecule has 0 fully saturated rings. The highest BCUT2D eigenvalue weighted by Gasteiger charge is 2.08. The molecule has 0 radical (unpaired) electrons. The second-order valence-electron chi connectivity index (χ2n) is 2.98. The first-order valence-electron chi connectivity index (χ1n) is 4.10. The molecule has 0 saturated heterocycles. The topological polar surface area (TPSA) is 73.1 Å². The van der Waals surface area contributed by atoms with Crippen LogP contribution in [0.5, 0.6) is 0 Å². The summed E-state index contributed by atoms with van der Waals surface area (Å²) in [5, 5.41) is 2.30. The number of anilines is 1. The predicted octanol–water partition coefficient (Wildman–Crippen LogP) is -0.739. The van der Waals surface area contributed by atoms with E-state index in [2.05, 4.69) is 5.32 Å². The van der Waals surface area contributed by atoms with Gasteiger partial charge in [0.05, 0.1) is 0 Å². The summed E-state index contributed by atoms with van der Waals surface area (Å²) in [4.78, 5) is 33.7. The van der Waals surface area contributed by atoms with Crippen molar-refractivity contribution in [3.63, 3.8) is 0 Å². The van der Waals surface area contributed by atoms with Gasteiger partial charge in [0.25, 0.3) is 5.56 Å². The minimum absolute atomic E-state index is 0.0326. The molecule has 0 unspecified atom stereocenters. The number of carbonyl (C=O) groups is 1. The Balaban J connectivity index is 3.27. The molecule has 0 atom stereocenters. The van der Waals surface area contributed by atoms with Crippen molar-refractivity contribution in [1.29, 1.82) is 0 Å². The Morgan fingerprint density at radius 3 is 2.60 bits per heavy atom. The number of carbonyl (C=O) groups excluding carboxylic acids is 1. The molecular formula is C8H10ClN3O3. The third kappa shape index (κ3) is 2.27. The monoisotopic (exact) mass is 231 g/mol. The molecule has 7 heteroatoms. The number of alkyl halides is 1. The number of aromatic nitrogens is 2. The maximum absolute atomic E-state index is 11.5. The summed E-state index contributed by atoms with van der Waals surface area (Å²) in [6.07, 6.45) is 1.26. The maximum Gasteiger partial charge on any atom is 0.330 e. The van der Waals surface area contributed by atoms with Crippen molar-refractivity contribution < 1.29 is 4.79 Å². The molecule has 0 saturated carbocycles. The molecule has 0 aliphatic rings. The number of hydrogen-bond acceptors (Lipinski definition) is 3. The number of amides is 1. The standard InChI is InChI=1S/C8H10ClN3O3/c1-11-4-5(10-6(13)3-9)7(14)12(2)8(11)15/h4H,3H2,1-2H3,(H,10,13). The van der Waals surface area contributed by atoms with Gasteiger partial charge in [-0.3, -0.25) is 14.2 Å². The van der Waals surface area contributed by atoms with Gasteiger partial charge in [0, 0.05) is 20.3 Å². The van der Waals surface area contributed by atoms with Gasteiger partial charge in [-0.25, -0.2) is 4.79 Å². The Morgan fingerprint density at radius 1 is 1.47 bits per heavy atom. The average Bonchev–Trinajstić information content (AvgIpc) is 2.22. The summed E-state index contributed by atoms with van der Waals surface area (Å²) in [6, 6.07) is 0. The van der Waals surface area contributed by atoms with Crippen LogP contribution in [0.25, 0.3) is 0 Å². The first kappa shape index (κ1) is 11.5. The fourth-order valence-corrected chi connectivity index (χ4v) is 1.14. The van der Waals surface area contributed by atoms with Crippen LogP contribution in [0, 0.1) is 0 Å². The van der Waals surface area contributed by atoms with Crippen LogP contribution in [0.3, 0.4) is 0 Å². The van der Waals surface area contributed by atoms with Crippen molar-refractivity contribution in [2.24, 2.45) is 14.1 Å². The molecule has 1 amide bonds. The molecule has 0 aliphatic carbocycles. The first-order chi connectivity index (χ1) is 6.97. The summed E-state index contributed by atoms with van der Waals surface area (Å²) >= 11 is 5.28. The van der Waals surface area contributed by atoms with Gasteiger partial charge < -0.3 is 9.88 Å². The Labute approximate surface area is 90.1 Å². The van der Waals surface area contributed by atoms with Gasteiger partial charge in [-0.05, 0) is 0 Å². The molecule has 1 heterocycles. The zero-order valence-corrected chi connectivity index (χ0v) is 9.04. The van der Waals surface area contributed by atoms with Crippen LogP contribution >= 0.6 is 11.6 Å². The summed E-state index contributed by atoms with van der Waals surface area (Å²) in [5.41, 5.74) is -0.981. The molecule has 6 nitrogen and oxygen atoms in total. The number of nitrogens with zero attached hydrogens (tertiary/aromatic N) is 2. The zero-order valence-electron chi connectivity index (χ0n) is 8.28. The summed E-state index contributed by atoms with van der Waals surface area (Å²) in [6.45, 7) is 0. The van der Waals surface area contributed by atoms with E-state index in [1.54, 1.807) is 0 Å². The van der Waals surface area contributed by atoms with Crippen LogP contribution < -0.4 is 16.6 Å². The molecular weight excluding hydrogens is 222 g/mol. The van der Waals surface area contributed by atoms with E-state index in [1.165, 1.54) is 24.9 Å². The molecule has 0 spiro atoms. The molecule has 1 rings (SSSR count). The van der Waals surface area contributed by atoms with E-state index in [0.29, 0.717) is 0 Å². The van der Waals surface area contributed by atoms with Gasteiger partial charge in [-0.2, -0.15) is 0 Å². The number of aryl methyl sites for hydroxylation is 1. The molecule has 0 aliphatic heterocycles. The quantitative estimate of drug-likeness (QED) is 0.682. The summed E-state index contributed by atoms with van der Waals surface area (Å²) < 4.78 is 2.11. The van der Waals surface area contributed by atoms with Crippen molar-refractivity contribution in [1.82, 2.24) is 9.13 Å². The molecule has 0 aromatic carbocycles. The van der Waals surface area contributed by atoms with E-state index in [-0.39, 0.29) is 11.6 Å². The molecule has 0 bridgehead atoms.